The minimum atomic E-state index is -0.360. The summed E-state index contributed by atoms with van der Waals surface area (Å²) < 4.78 is 12.0. The number of aryl methyl sites for hydroxylation is 1. The second-order valence-electron chi connectivity index (χ2n) is 6.48. The van der Waals surface area contributed by atoms with Gasteiger partial charge in [0.15, 0.2) is 0 Å². The van der Waals surface area contributed by atoms with Gasteiger partial charge in [0.1, 0.15) is 23.8 Å². The molecule has 2 aromatic carbocycles. The van der Waals surface area contributed by atoms with Crippen LogP contribution in [0.2, 0.25) is 0 Å². The molecule has 0 bridgehead atoms. The van der Waals surface area contributed by atoms with Crippen LogP contribution in [0.3, 0.4) is 0 Å². The van der Waals surface area contributed by atoms with E-state index in [1.807, 2.05) is 31.2 Å². The number of carbonyl (C=O) groups excluding carboxylic acids is 1. The lowest BCUT2D eigenvalue weighted by molar-refractivity contribution is 0.0939. The topological polar surface area (TPSA) is 82.5 Å². The van der Waals surface area contributed by atoms with Gasteiger partial charge in [0, 0.05) is 6.07 Å². The van der Waals surface area contributed by atoms with Crippen LogP contribution in [-0.2, 0) is 6.54 Å². The van der Waals surface area contributed by atoms with Crippen molar-refractivity contribution in [2.45, 2.75) is 13.5 Å². The number of aromatic nitrogens is 2. The molecule has 1 N–H and O–H groups in total. The molecule has 0 spiro atoms. The summed E-state index contributed by atoms with van der Waals surface area (Å²) in [5.74, 6) is 1.07. The molecular formula is C22H23N3O4. The fraction of sp³-hybridized carbons (Fsp3) is 0.227. The smallest absolute Gasteiger partial charge is 0.271 e. The molecule has 3 rings (SSSR count). The Balaban J connectivity index is 1.54. The van der Waals surface area contributed by atoms with E-state index in [2.05, 4.69) is 10.4 Å². The van der Waals surface area contributed by atoms with Gasteiger partial charge in [-0.3, -0.25) is 9.59 Å². The van der Waals surface area contributed by atoms with Gasteiger partial charge in [0.05, 0.1) is 20.2 Å². The highest BCUT2D eigenvalue weighted by molar-refractivity contribution is 5.91. The number of hydrogen-bond donors (Lipinski definition) is 1. The molecule has 0 aliphatic heterocycles. The molecule has 3 aromatic rings. The summed E-state index contributed by atoms with van der Waals surface area (Å²) in [5, 5.41) is 6.93. The highest BCUT2D eigenvalue weighted by Gasteiger charge is 2.10. The number of amides is 1. The second kappa shape index (κ2) is 9.54. The molecule has 29 heavy (non-hydrogen) atoms. The predicted octanol–water partition coefficient (Wildman–Crippen LogP) is 2.42. The molecule has 0 fully saturated rings. The van der Waals surface area contributed by atoms with Gasteiger partial charge < -0.3 is 14.8 Å². The van der Waals surface area contributed by atoms with Crippen LogP contribution in [0.4, 0.5) is 0 Å². The molecule has 0 radical (unpaired) electrons. The minimum Gasteiger partial charge on any atom is -0.497 e. The van der Waals surface area contributed by atoms with Crippen LogP contribution in [0.25, 0.3) is 0 Å². The monoisotopic (exact) mass is 393 g/mol. The summed E-state index contributed by atoms with van der Waals surface area (Å²) in [6.07, 6.45) is 0. The van der Waals surface area contributed by atoms with E-state index in [1.165, 1.54) is 16.8 Å². The quantitative estimate of drug-likeness (QED) is 0.595. The van der Waals surface area contributed by atoms with E-state index in [1.54, 1.807) is 31.4 Å². The summed E-state index contributed by atoms with van der Waals surface area (Å²) >= 11 is 0. The van der Waals surface area contributed by atoms with Crippen molar-refractivity contribution in [3.63, 3.8) is 0 Å². The van der Waals surface area contributed by atoms with Crippen LogP contribution < -0.4 is 20.3 Å². The zero-order valence-corrected chi connectivity index (χ0v) is 16.4. The maximum absolute atomic E-state index is 12.3. The number of hydrogen-bond acceptors (Lipinski definition) is 5. The van der Waals surface area contributed by atoms with Gasteiger partial charge in [0.2, 0.25) is 0 Å². The van der Waals surface area contributed by atoms with Crippen molar-refractivity contribution < 1.29 is 14.3 Å². The Kier molecular flexibility index (Phi) is 6.63. The van der Waals surface area contributed by atoms with Crippen molar-refractivity contribution in [1.82, 2.24) is 15.1 Å². The summed E-state index contributed by atoms with van der Waals surface area (Å²) in [4.78, 5) is 24.4. The number of nitrogens with one attached hydrogen (secondary N) is 1. The largest absolute Gasteiger partial charge is 0.497 e. The summed E-state index contributed by atoms with van der Waals surface area (Å²) in [6.45, 7) is 2.92. The van der Waals surface area contributed by atoms with Crippen molar-refractivity contribution >= 4 is 5.91 Å². The molecule has 0 unspecified atom stereocenters. The van der Waals surface area contributed by atoms with E-state index >= 15 is 0 Å². The zero-order chi connectivity index (χ0) is 20.6. The Morgan fingerprint density at radius 1 is 1.00 bits per heavy atom. The normalized spacial score (nSPS) is 10.4. The van der Waals surface area contributed by atoms with Crippen molar-refractivity contribution in [3.8, 4) is 11.5 Å². The van der Waals surface area contributed by atoms with E-state index in [9.17, 15) is 9.59 Å². The molecule has 0 saturated heterocycles. The molecular weight excluding hydrogens is 370 g/mol. The van der Waals surface area contributed by atoms with Gasteiger partial charge in [-0.2, -0.15) is 5.10 Å². The van der Waals surface area contributed by atoms with Crippen molar-refractivity contribution in [2.75, 3.05) is 20.3 Å². The number of carbonyl (C=O) groups is 1. The first-order valence-corrected chi connectivity index (χ1v) is 9.24. The maximum atomic E-state index is 12.3. The Hall–Kier alpha value is -3.61. The average molecular weight is 393 g/mol. The second-order valence-corrected chi connectivity index (χ2v) is 6.48. The first-order valence-electron chi connectivity index (χ1n) is 9.24. The van der Waals surface area contributed by atoms with E-state index in [4.69, 9.17) is 9.47 Å². The maximum Gasteiger partial charge on any atom is 0.271 e. The Morgan fingerprint density at radius 2 is 1.69 bits per heavy atom. The van der Waals surface area contributed by atoms with Crippen LogP contribution in [0.15, 0.2) is 65.5 Å². The van der Waals surface area contributed by atoms with Gasteiger partial charge in [0.25, 0.3) is 11.5 Å². The highest BCUT2D eigenvalue weighted by Crippen LogP contribution is 2.16. The Morgan fingerprint density at radius 3 is 2.38 bits per heavy atom. The zero-order valence-electron chi connectivity index (χ0n) is 16.4. The fourth-order valence-corrected chi connectivity index (χ4v) is 2.65. The molecule has 0 saturated carbocycles. The number of ether oxygens (including phenoxy) is 2. The van der Waals surface area contributed by atoms with Gasteiger partial charge in [-0.15, -0.1) is 0 Å². The molecule has 7 nitrogen and oxygen atoms in total. The van der Waals surface area contributed by atoms with Crippen molar-refractivity contribution in [2.24, 2.45) is 0 Å². The Labute approximate surface area is 168 Å². The standard InChI is InChI=1S/C22H23N3O4/c1-16-3-5-17(6-4-16)15-25-21(26)12-11-20(24-25)22(27)23-13-14-29-19-9-7-18(28-2)8-10-19/h3-12H,13-15H2,1-2H3,(H,23,27). The third-order valence-corrected chi connectivity index (χ3v) is 4.27. The van der Waals surface area contributed by atoms with Gasteiger partial charge in [-0.05, 0) is 42.8 Å². The van der Waals surface area contributed by atoms with Crippen LogP contribution in [0.5, 0.6) is 11.5 Å². The minimum absolute atomic E-state index is 0.182. The molecule has 1 aromatic heterocycles. The van der Waals surface area contributed by atoms with Crippen LogP contribution in [0, 0.1) is 6.92 Å². The lowest BCUT2D eigenvalue weighted by Gasteiger charge is -2.09. The number of nitrogens with zero attached hydrogens (tertiary/aromatic N) is 2. The van der Waals surface area contributed by atoms with E-state index < -0.39 is 0 Å². The third-order valence-electron chi connectivity index (χ3n) is 4.27. The molecule has 7 heteroatoms. The summed E-state index contributed by atoms with van der Waals surface area (Å²) in [5.41, 5.74) is 2.00. The first-order chi connectivity index (χ1) is 14.0. The van der Waals surface area contributed by atoms with Gasteiger partial charge in [-0.1, -0.05) is 29.8 Å². The lowest BCUT2D eigenvalue weighted by atomic mass is 10.1. The number of methoxy groups -OCH3 is 1. The first kappa shape index (κ1) is 20.1. The van der Waals surface area contributed by atoms with Crippen molar-refractivity contribution in [3.05, 3.63) is 87.8 Å². The molecule has 1 amide bonds. The molecule has 150 valence electrons. The average Bonchev–Trinajstić information content (AvgIpc) is 2.74. The SMILES string of the molecule is COc1ccc(OCCNC(=O)c2ccc(=O)n(Cc3ccc(C)cc3)n2)cc1. The van der Waals surface area contributed by atoms with E-state index in [-0.39, 0.29) is 17.2 Å². The Bertz CT molecular complexity index is 1010. The summed E-state index contributed by atoms with van der Waals surface area (Å²) in [6, 6.07) is 17.8. The van der Waals surface area contributed by atoms with E-state index in [0.29, 0.717) is 25.4 Å². The molecule has 0 atom stereocenters. The number of benzene rings is 2. The van der Waals surface area contributed by atoms with Crippen molar-refractivity contribution in [1.29, 1.82) is 0 Å². The van der Waals surface area contributed by atoms with Gasteiger partial charge in [-0.25, -0.2) is 4.68 Å². The van der Waals surface area contributed by atoms with E-state index in [0.717, 1.165) is 16.9 Å². The summed E-state index contributed by atoms with van der Waals surface area (Å²) in [7, 11) is 1.60. The van der Waals surface area contributed by atoms with Crippen LogP contribution in [0.1, 0.15) is 21.6 Å². The van der Waals surface area contributed by atoms with Crippen LogP contribution >= 0.6 is 0 Å². The van der Waals surface area contributed by atoms with Crippen LogP contribution in [-0.4, -0.2) is 35.9 Å². The molecule has 0 aliphatic rings. The fourth-order valence-electron chi connectivity index (χ4n) is 2.65. The molecule has 0 aliphatic carbocycles. The lowest BCUT2D eigenvalue weighted by Crippen LogP contribution is -2.32. The highest BCUT2D eigenvalue weighted by atomic mass is 16.5. The molecule has 1 heterocycles. The predicted molar refractivity (Wildman–Crippen MR) is 110 cm³/mol. The van der Waals surface area contributed by atoms with Gasteiger partial charge >= 0.3 is 0 Å². The number of rotatable bonds is 8. The third kappa shape index (κ3) is 5.68.